The molecule has 1 amide bonds. The maximum atomic E-state index is 12.6. The number of anilines is 1. The van der Waals surface area contributed by atoms with Gasteiger partial charge in [-0.1, -0.05) is 20.8 Å². The van der Waals surface area contributed by atoms with Crippen LogP contribution in [0.4, 0.5) is 14.9 Å². The summed E-state index contributed by atoms with van der Waals surface area (Å²) in [4.78, 5) is 11.4. The quantitative estimate of drug-likeness (QED) is 0.867. The van der Waals surface area contributed by atoms with Gasteiger partial charge in [0.15, 0.2) is 0 Å². The minimum atomic E-state index is -0.510. The van der Waals surface area contributed by atoms with E-state index in [0.29, 0.717) is 24.1 Å². The number of benzene rings is 1. The average molecular weight is 241 g/mol. The Bertz CT molecular complexity index is 368. The number of nitrogens with one attached hydrogen (secondary N) is 1. The summed E-state index contributed by atoms with van der Waals surface area (Å²) >= 11 is 0. The molecule has 0 saturated carbocycles. The number of amides is 1. The number of rotatable bonds is 4. The first-order valence-electron chi connectivity index (χ1n) is 5.68. The van der Waals surface area contributed by atoms with E-state index in [2.05, 4.69) is 19.2 Å². The third kappa shape index (κ3) is 4.85. The van der Waals surface area contributed by atoms with Crippen LogP contribution < -0.4 is 5.32 Å². The largest absolute Gasteiger partial charge is 0.449 e. The van der Waals surface area contributed by atoms with Crippen molar-refractivity contribution in [1.82, 2.24) is 0 Å². The third-order valence-electron chi connectivity index (χ3n) is 2.71. The summed E-state index contributed by atoms with van der Waals surface area (Å²) in [6.07, 6.45) is -0.510. The van der Waals surface area contributed by atoms with E-state index < -0.39 is 6.09 Å². The van der Waals surface area contributed by atoms with Gasteiger partial charge >= 0.3 is 6.09 Å². The summed E-state index contributed by atoms with van der Waals surface area (Å²) in [5, 5.41) is 2.54. The Morgan fingerprint density at radius 2 is 1.94 bits per heavy atom. The van der Waals surface area contributed by atoms with Crippen LogP contribution in [-0.2, 0) is 4.74 Å². The fourth-order valence-corrected chi connectivity index (χ4v) is 1.09. The lowest BCUT2D eigenvalue weighted by Gasteiger charge is -2.15. The molecule has 0 aromatic heterocycles. The predicted octanol–water partition coefficient (Wildman–Crippen LogP) is 3.91. The fourth-order valence-electron chi connectivity index (χ4n) is 1.09. The Morgan fingerprint density at radius 1 is 1.35 bits per heavy atom. The molecule has 0 spiro atoms. The Balaban J connectivity index is 0.00000289. The van der Waals surface area contributed by atoms with Gasteiger partial charge in [-0.25, -0.2) is 9.18 Å². The van der Waals surface area contributed by atoms with Gasteiger partial charge in [0.25, 0.3) is 0 Å². The summed E-state index contributed by atoms with van der Waals surface area (Å²) in [6.45, 7) is 6.55. The van der Waals surface area contributed by atoms with Gasteiger partial charge in [0.2, 0.25) is 0 Å². The second-order valence-electron chi connectivity index (χ2n) is 4.45. The van der Waals surface area contributed by atoms with Crippen LogP contribution in [0, 0.1) is 17.7 Å². The molecule has 0 saturated heterocycles. The van der Waals surface area contributed by atoms with Crippen molar-refractivity contribution in [1.29, 1.82) is 0 Å². The van der Waals surface area contributed by atoms with Gasteiger partial charge < -0.3 is 4.74 Å². The highest BCUT2D eigenvalue weighted by Crippen LogP contribution is 2.11. The summed E-state index contributed by atoms with van der Waals surface area (Å²) in [5.41, 5.74) is 0.522. The standard InChI is InChI=1S/C13H18FNO2.H2/c1-9(2)10(3)8-17-13(16)15-12-6-4-11(14)5-7-12;/h4-7,9-10H,8H2,1-3H3,(H,15,16);1H/t10-;/m0./s1. The molecule has 0 aliphatic heterocycles. The normalized spacial score (nSPS) is 12.3. The molecule has 3 nitrogen and oxygen atoms in total. The van der Waals surface area contributed by atoms with E-state index in [1.807, 2.05) is 6.92 Å². The van der Waals surface area contributed by atoms with Crippen LogP contribution in [-0.4, -0.2) is 12.7 Å². The lowest BCUT2D eigenvalue weighted by molar-refractivity contribution is 0.133. The van der Waals surface area contributed by atoms with Crippen LogP contribution in [0.1, 0.15) is 22.2 Å². The molecule has 17 heavy (non-hydrogen) atoms. The monoisotopic (exact) mass is 241 g/mol. The maximum Gasteiger partial charge on any atom is 0.411 e. The molecule has 1 aromatic carbocycles. The number of carbonyl (C=O) groups excluding carboxylic acids is 1. The van der Waals surface area contributed by atoms with Crippen LogP contribution in [0.15, 0.2) is 24.3 Å². The van der Waals surface area contributed by atoms with Crippen molar-refractivity contribution in [3.05, 3.63) is 30.1 Å². The van der Waals surface area contributed by atoms with E-state index in [1.54, 1.807) is 0 Å². The summed E-state index contributed by atoms with van der Waals surface area (Å²) in [7, 11) is 0. The molecule has 0 aliphatic carbocycles. The molecule has 0 fully saturated rings. The summed E-state index contributed by atoms with van der Waals surface area (Å²) in [5.74, 6) is 0.444. The van der Waals surface area contributed by atoms with Crippen molar-refractivity contribution in [2.45, 2.75) is 20.8 Å². The van der Waals surface area contributed by atoms with Crippen molar-refractivity contribution in [3.63, 3.8) is 0 Å². The van der Waals surface area contributed by atoms with Gasteiger partial charge in [-0.15, -0.1) is 0 Å². The van der Waals surface area contributed by atoms with Gasteiger partial charge in [0.05, 0.1) is 6.61 Å². The number of hydrogen-bond donors (Lipinski definition) is 1. The molecule has 4 heteroatoms. The van der Waals surface area contributed by atoms with Crippen LogP contribution >= 0.6 is 0 Å². The van der Waals surface area contributed by atoms with E-state index >= 15 is 0 Å². The minimum Gasteiger partial charge on any atom is -0.449 e. The lowest BCUT2D eigenvalue weighted by Crippen LogP contribution is -2.19. The molecule has 0 unspecified atom stereocenters. The number of carbonyl (C=O) groups is 1. The van der Waals surface area contributed by atoms with Gasteiger partial charge in [0.1, 0.15) is 5.82 Å². The first kappa shape index (κ1) is 13.5. The number of hydrogen-bond acceptors (Lipinski definition) is 2. The molecular formula is C13H20FNO2. The molecule has 0 radical (unpaired) electrons. The molecule has 0 aliphatic rings. The Hall–Kier alpha value is -1.58. The van der Waals surface area contributed by atoms with Gasteiger partial charge in [-0.2, -0.15) is 0 Å². The highest BCUT2D eigenvalue weighted by Gasteiger charge is 2.10. The summed E-state index contributed by atoms with van der Waals surface area (Å²) < 4.78 is 17.7. The van der Waals surface area contributed by atoms with Crippen LogP contribution in [0.25, 0.3) is 0 Å². The van der Waals surface area contributed by atoms with E-state index in [-0.39, 0.29) is 7.24 Å². The van der Waals surface area contributed by atoms with Gasteiger partial charge in [-0.05, 0) is 36.1 Å². The van der Waals surface area contributed by atoms with Crippen LogP contribution in [0.5, 0.6) is 0 Å². The highest BCUT2D eigenvalue weighted by atomic mass is 19.1. The zero-order chi connectivity index (χ0) is 12.8. The smallest absolute Gasteiger partial charge is 0.411 e. The summed E-state index contributed by atoms with van der Waals surface area (Å²) in [6, 6.07) is 5.55. The highest BCUT2D eigenvalue weighted by molar-refractivity contribution is 5.84. The second-order valence-corrected chi connectivity index (χ2v) is 4.45. The van der Waals surface area contributed by atoms with Crippen molar-refractivity contribution >= 4 is 11.8 Å². The SMILES string of the molecule is CC(C)[C@@H](C)COC(=O)Nc1ccc(F)cc1.[HH]. The minimum absolute atomic E-state index is 0. The first-order valence-corrected chi connectivity index (χ1v) is 5.68. The molecule has 1 N–H and O–H groups in total. The molecule has 1 aromatic rings. The molecule has 1 rings (SSSR count). The number of ether oxygens (including phenoxy) is 1. The van der Waals surface area contributed by atoms with E-state index in [1.165, 1.54) is 24.3 Å². The molecule has 1 atom stereocenters. The maximum absolute atomic E-state index is 12.6. The van der Waals surface area contributed by atoms with Crippen LogP contribution in [0.2, 0.25) is 0 Å². The average Bonchev–Trinajstić information content (AvgIpc) is 2.29. The topological polar surface area (TPSA) is 38.3 Å². The Kier molecular flexibility index (Phi) is 4.94. The molecule has 96 valence electrons. The first-order chi connectivity index (χ1) is 7.99. The van der Waals surface area contributed by atoms with E-state index in [0.717, 1.165) is 0 Å². The lowest BCUT2D eigenvalue weighted by atomic mass is 10.00. The van der Waals surface area contributed by atoms with Crippen molar-refractivity contribution < 1.29 is 15.3 Å². The van der Waals surface area contributed by atoms with Crippen LogP contribution in [0.3, 0.4) is 0 Å². The van der Waals surface area contributed by atoms with Crippen molar-refractivity contribution in [2.75, 3.05) is 11.9 Å². The second kappa shape index (κ2) is 6.23. The molecule has 0 heterocycles. The predicted molar refractivity (Wildman–Crippen MR) is 67.5 cm³/mol. The Morgan fingerprint density at radius 3 is 2.47 bits per heavy atom. The number of halogens is 1. The zero-order valence-corrected chi connectivity index (χ0v) is 10.4. The van der Waals surface area contributed by atoms with Gasteiger partial charge in [0, 0.05) is 7.11 Å². The fraction of sp³-hybridized carbons (Fsp3) is 0.462. The molecular weight excluding hydrogens is 221 g/mol. The zero-order valence-electron chi connectivity index (χ0n) is 10.4. The molecule has 0 bridgehead atoms. The van der Waals surface area contributed by atoms with Crippen molar-refractivity contribution in [3.8, 4) is 0 Å². The van der Waals surface area contributed by atoms with E-state index in [4.69, 9.17) is 4.74 Å². The van der Waals surface area contributed by atoms with E-state index in [9.17, 15) is 9.18 Å². The third-order valence-corrected chi connectivity index (χ3v) is 2.71. The van der Waals surface area contributed by atoms with Crippen molar-refractivity contribution in [2.24, 2.45) is 11.8 Å². The Labute approximate surface area is 102 Å². The van der Waals surface area contributed by atoms with Gasteiger partial charge in [-0.3, -0.25) is 5.32 Å².